The highest BCUT2D eigenvalue weighted by Gasteiger charge is 2.57. The van der Waals surface area contributed by atoms with Gasteiger partial charge in [0.25, 0.3) is 5.91 Å². The van der Waals surface area contributed by atoms with Gasteiger partial charge in [-0.1, -0.05) is 0 Å². The predicted molar refractivity (Wildman–Crippen MR) is 50.7 cm³/mol. The molecule has 0 aromatic heterocycles. The van der Waals surface area contributed by atoms with E-state index in [2.05, 4.69) is 5.32 Å². The predicted octanol–water partition coefficient (Wildman–Crippen LogP) is 0.120. The van der Waals surface area contributed by atoms with E-state index in [4.69, 9.17) is 0 Å². The lowest BCUT2D eigenvalue weighted by molar-refractivity contribution is -0.251. The highest BCUT2D eigenvalue weighted by atomic mass is 19.4. The Morgan fingerprint density at radius 3 is 2.50 bits per heavy atom. The Bertz CT molecular complexity index is 278. The molecule has 0 radical (unpaired) electrons. The lowest BCUT2D eigenvalue weighted by atomic mass is 10.0. The van der Waals surface area contributed by atoms with Crippen LogP contribution in [-0.4, -0.2) is 53.4 Å². The second-order valence-corrected chi connectivity index (χ2v) is 4.12. The van der Waals surface area contributed by atoms with Crippen LogP contribution < -0.4 is 5.32 Å². The van der Waals surface area contributed by atoms with Crippen LogP contribution in [0.3, 0.4) is 0 Å². The molecule has 0 spiro atoms. The summed E-state index contributed by atoms with van der Waals surface area (Å²) in [6.45, 7) is 3.16. The lowest BCUT2D eigenvalue weighted by Gasteiger charge is -2.38. The van der Waals surface area contributed by atoms with Gasteiger partial charge in [-0.25, -0.2) is 0 Å². The van der Waals surface area contributed by atoms with Crippen LogP contribution >= 0.6 is 0 Å². The van der Waals surface area contributed by atoms with E-state index in [1.54, 1.807) is 6.92 Å². The molecule has 16 heavy (non-hydrogen) atoms. The van der Waals surface area contributed by atoms with E-state index in [1.807, 2.05) is 0 Å². The second-order valence-electron chi connectivity index (χ2n) is 4.12. The Labute approximate surface area is 91.4 Å². The standard InChI is InChI=1S/C9H15F3N2O2/c1-6-5-13-3-4-14(6)7(15)8(2,16)9(10,11)12/h6,13,16H,3-5H2,1-2H3. The number of hydrogen-bond acceptors (Lipinski definition) is 3. The fourth-order valence-corrected chi connectivity index (χ4v) is 1.54. The summed E-state index contributed by atoms with van der Waals surface area (Å²) in [6, 6.07) is -0.352. The van der Waals surface area contributed by atoms with Gasteiger partial charge < -0.3 is 15.3 Å². The fraction of sp³-hybridized carbons (Fsp3) is 0.889. The van der Waals surface area contributed by atoms with E-state index in [-0.39, 0.29) is 12.6 Å². The van der Waals surface area contributed by atoms with E-state index < -0.39 is 17.7 Å². The number of aliphatic hydroxyl groups is 1. The van der Waals surface area contributed by atoms with Gasteiger partial charge in [0.05, 0.1) is 0 Å². The molecule has 0 aromatic rings. The number of piperazine rings is 1. The fourth-order valence-electron chi connectivity index (χ4n) is 1.54. The van der Waals surface area contributed by atoms with E-state index in [0.717, 1.165) is 4.90 Å². The highest BCUT2D eigenvalue weighted by molar-refractivity contribution is 5.85. The van der Waals surface area contributed by atoms with Crippen molar-refractivity contribution in [3.63, 3.8) is 0 Å². The maximum Gasteiger partial charge on any atom is 0.426 e. The van der Waals surface area contributed by atoms with Gasteiger partial charge in [-0.15, -0.1) is 0 Å². The molecule has 1 aliphatic heterocycles. The van der Waals surface area contributed by atoms with E-state index in [0.29, 0.717) is 20.0 Å². The first-order valence-corrected chi connectivity index (χ1v) is 4.99. The number of carbonyl (C=O) groups excluding carboxylic acids is 1. The van der Waals surface area contributed by atoms with Gasteiger partial charge in [-0.2, -0.15) is 13.2 Å². The van der Waals surface area contributed by atoms with Gasteiger partial charge in [-0.3, -0.25) is 4.79 Å². The van der Waals surface area contributed by atoms with Crippen molar-refractivity contribution in [1.29, 1.82) is 0 Å². The molecule has 2 N–H and O–H groups in total. The topological polar surface area (TPSA) is 52.6 Å². The maximum atomic E-state index is 12.5. The number of carbonyl (C=O) groups is 1. The summed E-state index contributed by atoms with van der Waals surface area (Å²) in [4.78, 5) is 12.7. The number of nitrogens with one attached hydrogen (secondary N) is 1. The number of nitrogens with zero attached hydrogens (tertiary/aromatic N) is 1. The minimum atomic E-state index is -4.95. The number of amides is 1. The zero-order valence-electron chi connectivity index (χ0n) is 9.14. The third-order valence-corrected chi connectivity index (χ3v) is 2.73. The van der Waals surface area contributed by atoms with Crippen LogP contribution in [0.25, 0.3) is 0 Å². The van der Waals surface area contributed by atoms with Crippen molar-refractivity contribution in [3.8, 4) is 0 Å². The molecule has 1 heterocycles. The van der Waals surface area contributed by atoms with Crippen molar-refractivity contribution in [2.24, 2.45) is 0 Å². The lowest BCUT2D eigenvalue weighted by Crippen LogP contribution is -2.62. The molecular weight excluding hydrogens is 225 g/mol. The van der Waals surface area contributed by atoms with Gasteiger partial charge >= 0.3 is 6.18 Å². The largest absolute Gasteiger partial charge is 0.426 e. The minimum Gasteiger partial charge on any atom is -0.373 e. The Morgan fingerprint density at radius 1 is 1.50 bits per heavy atom. The van der Waals surface area contributed by atoms with Gasteiger partial charge in [0.15, 0.2) is 0 Å². The zero-order valence-corrected chi connectivity index (χ0v) is 9.14. The summed E-state index contributed by atoms with van der Waals surface area (Å²) in [5.74, 6) is -1.28. The van der Waals surface area contributed by atoms with Crippen LogP contribution in [-0.2, 0) is 4.79 Å². The average Bonchev–Trinajstić information content (AvgIpc) is 2.15. The maximum absolute atomic E-state index is 12.5. The number of halogens is 3. The molecule has 0 saturated carbocycles. The molecule has 0 aromatic carbocycles. The molecule has 1 fully saturated rings. The van der Waals surface area contributed by atoms with Crippen molar-refractivity contribution in [3.05, 3.63) is 0 Å². The van der Waals surface area contributed by atoms with Crippen LogP contribution in [0.2, 0.25) is 0 Å². The van der Waals surface area contributed by atoms with Crippen molar-refractivity contribution >= 4 is 5.91 Å². The number of alkyl halides is 3. The summed E-state index contributed by atoms with van der Waals surface area (Å²) in [6.07, 6.45) is -4.95. The third-order valence-electron chi connectivity index (χ3n) is 2.73. The molecule has 2 unspecified atom stereocenters. The van der Waals surface area contributed by atoms with Crippen molar-refractivity contribution in [2.75, 3.05) is 19.6 Å². The van der Waals surface area contributed by atoms with Crippen LogP contribution in [0, 0.1) is 0 Å². The minimum absolute atomic E-state index is 0.173. The molecule has 94 valence electrons. The third kappa shape index (κ3) is 2.30. The Kier molecular flexibility index (Phi) is 3.49. The first-order valence-electron chi connectivity index (χ1n) is 4.99. The monoisotopic (exact) mass is 240 g/mol. The van der Waals surface area contributed by atoms with Crippen molar-refractivity contribution in [1.82, 2.24) is 10.2 Å². The Morgan fingerprint density at radius 2 is 2.06 bits per heavy atom. The molecule has 7 heteroatoms. The van der Waals surface area contributed by atoms with Crippen LogP contribution in [0.4, 0.5) is 13.2 Å². The quantitative estimate of drug-likeness (QED) is 0.684. The number of hydrogen-bond donors (Lipinski definition) is 2. The normalized spacial score (nSPS) is 26.4. The molecule has 1 rings (SSSR count). The molecule has 2 atom stereocenters. The Balaban J connectivity index is 2.84. The summed E-state index contributed by atoms with van der Waals surface area (Å²) >= 11 is 0. The average molecular weight is 240 g/mol. The van der Waals surface area contributed by atoms with Gasteiger partial charge in [0, 0.05) is 25.7 Å². The second kappa shape index (κ2) is 4.21. The molecule has 1 saturated heterocycles. The summed E-state index contributed by atoms with van der Waals surface area (Å²) in [5.41, 5.74) is -3.31. The first-order chi connectivity index (χ1) is 7.18. The molecule has 1 aliphatic rings. The molecular formula is C9H15F3N2O2. The first kappa shape index (κ1) is 13.2. The van der Waals surface area contributed by atoms with E-state index >= 15 is 0 Å². The van der Waals surface area contributed by atoms with Crippen molar-refractivity contribution in [2.45, 2.75) is 31.7 Å². The smallest absolute Gasteiger partial charge is 0.373 e. The van der Waals surface area contributed by atoms with Gasteiger partial charge in [0.2, 0.25) is 5.60 Å². The van der Waals surface area contributed by atoms with E-state index in [9.17, 15) is 23.1 Å². The summed E-state index contributed by atoms with van der Waals surface area (Å²) < 4.78 is 37.4. The summed E-state index contributed by atoms with van der Waals surface area (Å²) in [7, 11) is 0. The van der Waals surface area contributed by atoms with Crippen molar-refractivity contribution < 1.29 is 23.1 Å². The van der Waals surface area contributed by atoms with E-state index in [1.165, 1.54) is 0 Å². The number of rotatable bonds is 1. The summed E-state index contributed by atoms with van der Waals surface area (Å²) in [5, 5.41) is 12.2. The molecule has 4 nitrogen and oxygen atoms in total. The molecule has 1 amide bonds. The molecule has 0 aliphatic carbocycles. The SMILES string of the molecule is CC1CNCCN1C(=O)C(C)(O)C(F)(F)F. The molecule has 0 bridgehead atoms. The van der Waals surface area contributed by atoms with Crippen LogP contribution in [0.1, 0.15) is 13.8 Å². The highest BCUT2D eigenvalue weighted by Crippen LogP contribution is 2.32. The van der Waals surface area contributed by atoms with Crippen LogP contribution in [0.5, 0.6) is 0 Å². The Hall–Kier alpha value is -0.820. The van der Waals surface area contributed by atoms with Gasteiger partial charge in [-0.05, 0) is 13.8 Å². The van der Waals surface area contributed by atoms with Crippen LogP contribution in [0.15, 0.2) is 0 Å². The van der Waals surface area contributed by atoms with Gasteiger partial charge in [0.1, 0.15) is 0 Å². The zero-order chi connectivity index (χ0) is 12.6.